The first-order valence-electron chi connectivity index (χ1n) is 43.1. The maximum atomic E-state index is 14.6. The predicted octanol–water partition coefficient (Wildman–Crippen LogP) is 7.38. The van der Waals surface area contributed by atoms with Crippen LogP contribution in [0.3, 0.4) is 0 Å². The number of anilines is 4. The first-order valence-corrected chi connectivity index (χ1v) is 48.0. The van der Waals surface area contributed by atoms with Crippen LogP contribution in [0.25, 0.3) is 87.8 Å². The molecule has 16 aromatic rings. The van der Waals surface area contributed by atoms with Crippen molar-refractivity contribution in [2.75, 3.05) is 47.7 Å². The number of thiazole rings is 4. The number of carboxylic acid groups (broad SMARTS) is 2. The molecule has 44 nitrogen and oxygen atoms in total. The molecule has 4 amide bonds. The van der Waals surface area contributed by atoms with E-state index in [9.17, 15) is 51.1 Å². The SMILES string of the molecule is CCOC1CC(n2cc(NC(=O)c3csc(-c4cn[nH]c4)n3)c(-c3ncccc3F)n2)C1.CCOC1CC(n2cc(NC(=O)c3csc(-c4cn[nH]c4)n3)c(-c3ncccc3F)n2)C1.CCOC1CC(n2cc(NC(=O)c3csc(-c4cn[nH]c4)n3)c(-c3ncccc3F)n2)C1.CCOC1CC(n2cc(NC(=O)c3csc(-c4cnn(COP(=O)([O-])[O-])c4)n3)c(-c3ncccc3F)n2)C1.O=CO.O=CO.[Na+].[Na+]. The van der Waals surface area contributed by atoms with Gasteiger partial charge in [0.15, 0.2) is 23.3 Å². The summed E-state index contributed by atoms with van der Waals surface area (Å²) in [7, 11) is -5.14. The molecule has 4 aliphatic rings. The number of carbonyl (C=O) groups is 6. The summed E-state index contributed by atoms with van der Waals surface area (Å²) in [5.41, 5.74) is 6.46. The van der Waals surface area contributed by atoms with Crippen molar-refractivity contribution >= 4 is 112 Å². The van der Waals surface area contributed by atoms with Gasteiger partial charge in [-0.1, -0.05) is 0 Å². The number of halogens is 4. The van der Waals surface area contributed by atoms with Gasteiger partial charge in [-0.05, 0) is 128 Å². The van der Waals surface area contributed by atoms with Crippen LogP contribution in [-0.2, 0) is 44.4 Å². The predicted molar refractivity (Wildman–Crippen MR) is 497 cm³/mol. The molecule has 0 bridgehead atoms. The topological polar surface area (TPSA) is 579 Å². The Bertz CT molecular complexity index is 6470. The molecule has 4 saturated carbocycles. The van der Waals surface area contributed by atoms with Crippen molar-refractivity contribution in [3.05, 3.63) is 215 Å². The molecule has 0 aromatic carbocycles. The quantitative estimate of drug-likeness (QED) is 0.00885. The number of rotatable bonds is 31. The van der Waals surface area contributed by atoms with Crippen LogP contribution >= 0.6 is 53.2 Å². The van der Waals surface area contributed by atoms with Gasteiger partial charge in [0.05, 0.1) is 104 Å². The van der Waals surface area contributed by atoms with Gasteiger partial charge in [-0.25, -0.2) is 42.2 Å². The molecular formula is C87H85F4N28Na2O16PS4. The number of phosphoric ester groups is 1. The Balaban J connectivity index is 0.000000156. The van der Waals surface area contributed by atoms with E-state index in [1.807, 2.05) is 27.7 Å². The first kappa shape index (κ1) is 107. The summed E-state index contributed by atoms with van der Waals surface area (Å²) in [5.74, 6) is -3.87. The van der Waals surface area contributed by atoms with E-state index < -0.39 is 61.5 Å². The minimum Gasteiger partial charge on any atom is -0.790 e. The number of amides is 4. The fourth-order valence-electron chi connectivity index (χ4n) is 14.7. The molecule has 16 aromatic heterocycles. The molecule has 142 heavy (non-hydrogen) atoms. The molecule has 55 heteroatoms. The van der Waals surface area contributed by atoms with E-state index in [1.54, 1.807) is 96.8 Å². The number of ether oxygens (including phenoxy) is 4. The molecule has 0 atom stereocenters. The molecule has 20 rings (SSSR count). The molecular weight excluding hydrogens is 1970 g/mol. The van der Waals surface area contributed by atoms with E-state index in [0.717, 1.165) is 84.1 Å². The van der Waals surface area contributed by atoms with Crippen molar-refractivity contribution in [3.8, 4) is 87.8 Å². The van der Waals surface area contributed by atoms with E-state index in [-0.39, 0.29) is 195 Å². The van der Waals surface area contributed by atoms with Gasteiger partial charge in [-0.2, -0.15) is 40.8 Å². The monoisotopic (exact) mass is 2060 g/mol. The van der Waals surface area contributed by atoms with Crippen LogP contribution in [0.15, 0.2) is 169 Å². The number of pyridine rings is 4. The summed E-state index contributed by atoms with van der Waals surface area (Å²) in [6.45, 7) is 9.36. The van der Waals surface area contributed by atoms with Gasteiger partial charge in [0.1, 0.15) is 95.1 Å². The largest absolute Gasteiger partial charge is 1.00 e. The van der Waals surface area contributed by atoms with E-state index in [1.165, 1.54) is 125 Å². The Hall–Kier alpha value is -12.7. The van der Waals surface area contributed by atoms with Crippen molar-refractivity contribution in [3.63, 3.8) is 0 Å². The average molecular weight is 2060 g/mol. The molecule has 4 aliphatic carbocycles. The van der Waals surface area contributed by atoms with Crippen molar-refractivity contribution < 1.29 is 153 Å². The molecule has 0 unspecified atom stereocenters. The molecule has 16 heterocycles. The average Bonchev–Trinajstić information content (AvgIpc) is 1.64. The van der Waals surface area contributed by atoms with Gasteiger partial charge in [-0.3, -0.25) is 82.7 Å². The molecule has 4 fully saturated rings. The van der Waals surface area contributed by atoms with Crippen molar-refractivity contribution in [1.82, 2.24) is 119 Å². The number of nitrogens with one attached hydrogen (secondary N) is 7. The first-order chi connectivity index (χ1) is 67.9. The fourth-order valence-corrected chi connectivity index (χ4v) is 18.1. The van der Waals surface area contributed by atoms with Crippen molar-refractivity contribution in [1.29, 1.82) is 0 Å². The maximum absolute atomic E-state index is 14.6. The minimum atomic E-state index is -5.14. The number of phosphoric acid groups is 1. The van der Waals surface area contributed by atoms with Gasteiger partial charge in [-0.15, -0.1) is 45.3 Å². The zero-order chi connectivity index (χ0) is 98.5. The van der Waals surface area contributed by atoms with E-state index >= 15 is 0 Å². The summed E-state index contributed by atoms with van der Waals surface area (Å²) >= 11 is 5.17. The second kappa shape index (κ2) is 50.3. The van der Waals surface area contributed by atoms with Crippen molar-refractivity contribution in [2.24, 2.45) is 0 Å². The van der Waals surface area contributed by atoms with Crippen LogP contribution in [0, 0.1) is 23.3 Å². The van der Waals surface area contributed by atoms with Crippen LogP contribution in [-0.4, -0.2) is 217 Å². The molecule has 0 aliphatic heterocycles. The second-order valence-electron chi connectivity index (χ2n) is 30.7. The molecule has 0 spiro atoms. The summed E-state index contributed by atoms with van der Waals surface area (Å²) in [6.07, 6.45) is 32.7. The number of hydrogen-bond acceptors (Lipinski definition) is 34. The normalized spacial score (nSPS) is 16.9. The number of H-pyrrole nitrogens is 3. The van der Waals surface area contributed by atoms with Crippen molar-refractivity contribution in [2.45, 2.75) is 134 Å². The summed E-state index contributed by atoms with van der Waals surface area (Å²) < 4.78 is 103. The number of nitrogens with zero attached hydrogens (tertiary/aromatic N) is 21. The summed E-state index contributed by atoms with van der Waals surface area (Å²) in [4.78, 5) is 124. The third kappa shape index (κ3) is 26.8. The van der Waals surface area contributed by atoms with Crippen LogP contribution in [0.5, 0.6) is 0 Å². The van der Waals surface area contributed by atoms with Gasteiger partial charge in [0.25, 0.3) is 36.6 Å². The summed E-state index contributed by atoms with van der Waals surface area (Å²) in [5, 5.41) is 76.0. The van der Waals surface area contributed by atoms with Crippen LogP contribution in [0.2, 0.25) is 0 Å². The number of aromatic nitrogens is 24. The molecule has 728 valence electrons. The van der Waals surface area contributed by atoms with Gasteiger partial charge < -0.3 is 69.3 Å². The number of carbonyl (C=O) groups excluding carboxylic acids is 4. The standard InChI is InChI=1S/C22H23FN7O6PS.3C21H20FN7O2S.2CH2O2.2Na/c1-2-35-15-6-14(7-15)30-10-17(20(28-30)19-16(23)4-3-5-24-19)26-21(31)18-11-38-22(27-18)13-8-25-29(9-13)12-36-37(32,33)34;3*1-2-31-14-6-13(7-14)29-10-16(19(28-29)18-15(22)4-3-5-23-18)26-20(30)17-11-32-21(27-17)12-8-24-25-9-12;2*2-1-3;;/h3-5,8-11,14-15H,2,6-7,12H2,1H3,(H,26,31)(H2,32,33,34);3*3-5,8-11,13-14H,2,6-7H2,1H3,(H,24,25)(H,26,30);2*1H,(H,2,3);;/q;;;;;;2*+1/p-2. The van der Waals surface area contributed by atoms with E-state index in [2.05, 4.69) is 122 Å². The number of aromatic amines is 3. The van der Waals surface area contributed by atoms with Crippen LogP contribution in [0.4, 0.5) is 40.3 Å². The van der Waals surface area contributed by atoms with Gasteiger partial charge >= 0.3 is 59.1 Å². The molecule has 0 radical (unpaired) electrons. The Morgan fingerprint density at radius 1 is 0.423 bits per heavy atom. The number of hydrogen-bond donors (Lipinski definition) is 9. The van der Waals surface area contributed by atoms with E-state index in [4.69, 9.17) is 38.7 Å². The zero-order valence-electron chi connectivity index (χ0n) is 76.2. The Morgan fingerprint density at radius 3 is 0.901 bits per heavy atom. The Labute approximate surface area is 863 Å². The van der Waals surface area contributed by atoms with E-state index in [0.29, 0.717) is 69.1 Å². The van der Waals surface area contributed by atoms with Gasteiger partial charge in [0, 0.05) is 145 Å². The van der Waals surface area contributed by atoms with Gasteiger partial charge in [0.2, 0.25) is 0 Å². The third-order valence-corrected chi connectivity index (χ3v) is 25.6. The molecule has 0 saturated heterocycles. The Kier molecular flexibility index (Phi) is 37.8. The van der Waals surface area contributed by atoms with Crippen LogP contribution in [0.1, 0.15) is 145 Å². The fraction of sp³-hybridized carbons (Fsp3) is 0.287. The Morgan fingerprint density at radius 2 is 0.676 bits per heavy atom. The zero-order valence-corrected chi connectivity index (χ0v) is 84.4. The third-order valence-electron chi connectivity index (χ3n) is 21.6. The smallest absolute Gasteiger partial charge is 0.790 e. The summed E-state index contributed by atoms with van der Waals surface area (Å²) in [6, 6.07) is 11.6. The van der Waals surface area contributed by atoms with Crippen LogP contribution < -0.4 is 90.2 Å². The molecule has 9 N–H and O–H groups in total. The second-order valence-corrected chi connectivity index (χ2v) is 35.3. The minimum absolute atomic E-state index is 0. The maximum Gasteiger partial charge on any atom is 1.00 e.